The van der Waals surface area contributed by atoms with Crippen molar-refractivity contribution in [2.45, 2.75) is 30.3 Å². The van der Waals surface area contributed by atoms with Gasteiger partial charge >= 0.3 is 0 Å². The number of aliphatic hydroxyl groups excluding tert-OH is 4. The Bertz CT molecular complexity index is 282. The third-order valence-electron chi connectivity index (χ3n) is 3.51. The average Bonchev–Trinajstić information content (AvgIpc) is 2.41. The molecule has 0 aromatic rings. The molecule has 2 rings (SSSR count). The van der Waals surface area contributed by atoms with E-state index in [1.165, 1.54) is 4.90 Å². The Kier molecular flexibility index (Phi) is 4.19. The van der Waals surface area contributed by atoms with Gasteiger partial charge in [0.2, 0.25) is 0 Å². The van der Waals surface area contributed by atoms with Crippen molar-refractivity contribution >= 4 is 0 Å². The molecule has 6 N–H and O–H groups in total. The molecule has 2 aliphatic heterocycles. The lowest BCUT2D eigenvalue weighted by Crippen LogP contribution is -2.73. The van der Waals surface area contributed by atoms with E-state index in [0.717, 1.165) is 0 Å². The second-order valence-electron chi connectivity index (χ2n) is 4.66. The Balaban J connectivity index is 2.18. The number of rotatable bonds is 2. The Morgan fingerprint density at radius 2 is 1.78 bits per heavy atom. The number of nitrogens with zero attached hydrogens (tertiary/aromatic N) is 1. The van der Waals surface area contributed by atoms with Gasteiger partial charge in [0.25, 0.3) is 5.91 Å². The summed E-state index contributed by atoms with van der Waals surface area (Å²) in [6, 6.07) is 0. The fourth-order valence-electron chi connectivity index (χ4n) is 2.38. The van der Waals surface area contributed by atoms with Crippen LogP contribution < -0.4 is 5.32 Å². The predicted molar refractivity (Wildman–Crippen MR) is 59.4 cm³/mol. The van der Waals surface area contributed by atoms with Gasteiger partial charge in [0, 0.05) is 26.2 Å². The maximum Gasteiger partial charge on any atom is 0.258 e. The molecule has 106 valence electrons. The van der Waals surface area contributed by atoms with Crippen molar-refractivity contribution in [3.05, 3.63) is 0 Å². The highest BCUT2D eigenvalue weighted by Gasteiger charge is 2.55. The van der Waals surface area contributed by atoms with Gasteiger partial charge in [-0.2, -0.15) is 0 Å². The van der Waals surface area contributed by atoms with Gasteiger partial charge in [-0.25, -0.2) is 4.90 Å². The Morgan fingerprint density at radius 3 is 2.33 bits per heavy atom. The summed E-state index contributed by atoms with van der Waals surface area (Å²) in [5.74, 6) is -2.09. The molecule has 5 unspecified atom stereocenters. The summed E-state index contributed by atoms with van der Waals surface area (Å²) < 4.78 is 5.20. The van der Waals surface area contributed by atoms with Crippen LogP contribution in [-0.4, -0.2) is 93.5 Å². The van der Waals surface area contributed by atoms with Crippen molar-refractivity contribution in [2.24, 2.45) is 0 Å². The van der Waals surface area contributed by atoms with Crippen molar-refractivity contribution in [3.63, 3.8) is 0 Å². The normalized spacial score (nSPS) is 47.2. The lowest BCUT2D eigenvalue weighted by atomic mass is 9.95. The van der Waals surface area contributed by atoms with E-state index in [9.17, 15) is 20.4 Å². The summed E-state index contributed by atoms with van der Waals surface area (Å²) in [6.07, 6.45) is -5.80. The van der Waals surface area contributed by atoms with Gasteiger partial charge in [-0.05, 0) is 0 Å². The van der Waals surface area contributed by atoms with E-state index in [-0.39, 0.29) is 0 Å². The Hall–Kier alpha value is -0.320. The van der Waals surface area contributed by atoms with Crippen molar-refractivity contribution in [1.29, 1.82) is 0 Å². The lowest BCUT2D eigenvalue weighted by molar-refractivity contribution is -0.403. The van der Waals surface area contributed by atoms with Crippen LogP contribution in [0.3, 0.4) is 0 Å². The molecule has 2 heterocycles. The second kappa shape index (κ2) is 5.35. The topological polar surface area (TPSA) is 126 Å². The number of aliphatic hydroxyl groups is 5. The third kappa shape index (κ3) is 2.26. The summed E-state index contributed by atoms with van der Waals surface area (Å²) in [5.41, 5.74) is 0. The first-order chi connectivity index (χ1) is 8.50. The first-order valence-electron chi connectivity index (χ1n) is 6.01. The largest absolute Gasteiger partial charge is 0.394 e. The molecular weight excluding hydrogens is 244 g/mol. The fraction of sp³-hybridized carbons (Fsp3) is 1.00. The molecule has 0 radical (unpaired) electrons. The number of hydrogen-bond acceptors (Lipinski definition) is 8. The third-order valence-corrected chi connectivity index (χ3v) is 3.51. The highest BCUT2D eigenvalue weighted by atomic mass is 16.7. The molecule has 2 aliphatic rings. The number of piperazine rings is 1. The van der Waals surface area contributed by atoms with E-state index < -0.39 is 36.9 Å². The molecule has 2 saturated heterocycles. The molecule has 0 spiro atoms. The number of ether oxygens (including phenoxy) is 1. The number of nitrogens with one attached hydrogen (secondary N) is 1. The van der Waals surface area contributed by atoms with Crippen LogP contribution in [0.25, 0.3) is 0 Å². The van der Waals surface area contributed by atoms with E-state index in [1.807, 2.05) is 0 Å². The van der Waals surface area contributed by atoms with Crippen molar-refractivity contribution < 1.29 is 30.3 Å². The molecule has 5 atom stereocenters. The molecule has 0 bridgehead atoms. The molecule has 8 heteroatoms. The van der Waals surface area contributed by atoms with E-state index >= 15 is 0 Å². The zero-order valence-corrected chi connectivity index (χ0v) is 9.94. The molecule has 0 aromatic heterocycles. The van der Waals surface area contributed by atoms with E-state index in [4.69, 9.17) is 9.84 Å². The summed E-state index contributed by atoms with van der Waals surface area (Å²) in [7, 11) is 0. The first-order valence-corrected chi connectivity index (χ1v) is 6.01. The minimum atomic E-state index is -2.09. The zero-order valence-electron chi connectivity index (χ0n) is 9.94. The SMILES string of the molecule is OCC1OC(O)(N2CCNCC2)C(O)C(O)C1O. The smallest absolute Gasteiger partial charge is 0.258 e. The predicted octanol–water partition coefficient (Wildman–Crippen LogP) is -3.99. The quantitative estimate of drug-likeness (QED) is 0.298. The van der Waals surface area contributed by atoms with E-state index in [1.54, 1.807) is 0 Å². The zero-order chi connectivity index (χ0) is 13.3. The van der Waals surface area contributed by atoms with Gasteiger partial charge in [-0.3, -0.25) is 0 Å². The monoisotopic (exact) mass is 264 g/mol. The van der Waals surface area contributed by atoms with E-state index in [2.05, 4.69) is 5.32 Å². The van der Waals surface area contributed by atoms with Crippen LogP contribution in [0.2, 0.25) is 0 Å². The summed E-state index contributed by atoms with van der Waals surface area (Å²) >= 11 is 0. The maximum absolute atomic E-state index is 10.4. The molecule has 0 saturated carbocycles. The van der Waals surface area contributed by atoms with Gasteiger partial charge in [-0.1, -0.05) is 0 Å². The molecule has 0 amide bonds. The van der Waals surface area contributed by atoms with Crippen molar-refractivity contribution in [3.8, 4) is 0 Å². The summed E-state index contributed by atoms with van der Waals surface area (Å²) in [6.45, 7) is 1.52. The van der Waals surface area contributed by atoms with Crippen LogP contribution in [0, 0.1) is 0 Å². The fourth-order valence-corrected chi connectivity index (χ4v) is 2.38. The van der Waals surface area contributed by atoms with Crippen LogP contribution in [0.1, 0.15) is 0 Å². The summed E-state index contributed by atoms with van der Waals surface area (Å²) in [5, 5.41) is 51.8. The minimum absolute atomic E-state index is 0.425. The number of hydrogen-bond donors (Lipinski definition) is 6. The van der Waals surface area contributed by atoms with Crippen LogP contribution in [0.5, 0.6) is 0 Å². The first kappa shape index (κ1) is 14.1. The van der Waals surface area contributed by atoms with Gasteiger partial charge < -0.3 is 35.6 Å². The summed E-state index contributed by atoms with van der Waals surface area (Å²) in [4.78, 5) is 1.48. The van der Waals surface area contributed by atoms with Gasteiger partial charge in [0.15, 0.2) is 6.10 Å². The molecular formula is C10H20N2O6. The average molecular weight is 264 g/mol. The molecule has 2 fully saturated rings. The van der Waals surface area contributed by atoms with Crippen LogP contribution in [-0.2, 0) is 4.74 Å². The van der Waals surface area contributed by atoms with Crippen molar-refractivity contribution in [1.82, 2.24) is 10.2 Å². The Labute approximate surface area is 104 Å². The maximum atomic E-state index is 10.4. The standard InChI is InChI=1S/C10H20N2O6/c13-5-6-7(14)8(15)9(16)10(17,18-6)12-3-1-11-2-4-12/h6-9,11,13-17H,1-5H2. The molecule has 8 nitrogen and oxygen atoms in total. The second-order valence-corrected chi connectivity index (χ2v) is 4.66. The molecule has 0 aliphatic carbocycles. The van der Waals surface area contributed by atoms with Gasteiger partial charge in [0.1, 0.15) is 18.3 Å². The minimum Gasteiger partial charge on any atom is -0.394 e. The van der Waals surface area contributed by atoms with Crippen LogP contribution >= 0.6 is 0 Å². The van der Waals surface area contributed by atoms with Gasteiger partial charge in [-0.15, -0.1) is 0 Å². The molecule has 0 aromatic carbocycles. The van der Waals surface area contributed by atoms with Crippen molar-refractivity contribution in [2.75, 3.05) is 32.8 Å². The van der Waals surface area contributed by atoms with Crippen LogP contribution in [0.15, 0.2) is 0 Å². The highest BCUT2D eigenvalue weighted by molar-refractivity contribution is 4.96. The lowest BCUT2D eigenvalue weighted by Gasteiger charge is -2.50. The highest BCUT2D eigenvalue weighted by Crippen LogP contribution is 2.31. The van der Waals surface area contributed by atoms with Gasteiger partial charge in [0.05, 0.1) is 6.61 Å². The Morgan fingerprint density at radius 1 is 1.17 bits per heavy atom. The van der Waals surface area contributed by atoms with Crippen LogP contribution in [0.4, 0.5) is 0 Å². The van der Waals surface area contributed by atoms with E-state index in [0.29, 0.717) is 26.2 Å². The molecule has 18 heavy (non-hydrogen) atoms.